The van der Waals surface area contributed by atoms with Crippen LogP contribution in [0.25, 0.3) is 21.5 Å². The summed E-state index contributed by atoms with van der Waals surface area (Å²) in [6.45, 7) is 0. The van der Waals surface area contributed by atoms with Gasteiger partial charge in [0.25, 0.3) is 0 Å². The molecule has 0 amide bonds. The quantitative estimate of drug-likeness (QED) is 0.659. The van der Waals surface area contributed by atoms with Gasteiger partial charge in [0.2, 0.25) is 0 Å². The Labute approximate surface area is 110 Å². The molecule has 0 aliphatic rings. The molecule has 19 heavy (non-hydrogen) atoms. The van der Waals surface area contributed by atoms with Crippen molar-refractivity contribution in [2.24, 2.45) is 0 Å². The molecule has 2 heteroatoms. The third-order valence-corrected chi connectivity index (χ3v) is 3.29. The second-order valence-corrected chi connectivity index (χ2v) is 4.51. The van der Waals surface area contributed by atoms with E-state index in [1.54, 1.807) is 0 Å². The van der Waals surface area contributed by atoms with Crippen LogP contribution in [0.5, 0.6) is 0 Å². The van der Waals surface area contributed by atoms with E-state index in [-0.39, 0.29) is 5.43 Å². The zero-order valence-corrected chi connectivity index (χ0v) is 10.3. The van der Waals surface area contributed by atoms with Gasteiger partial charge in [0.1, 0.15) is 0 Å². The zero-order chi connectivity index (χ0) is 13.2. The summed E-state index contributed by atoms with van der Waals surface area (Å²) < 4.78 is 0. The Hall–Kier alpha value is -2.66. The van der Waals surface area contributed by atoms with E-state index in [1.165, 1.54) is 0 Å². The maximum atomic E-state index is 12.5. The Morgan fingerprint density at radius 1 is 0.895 bits per heavy atom. The summed E-state index contributed by atoms with van der Waals surface area (Å²) in [6.07, 6.45) is 0.363. The molecule has 90 valence electrons. The van der Waals surface area contributed by atoms with E-state index in [1.807, 2.05) is 54.6 Å². The summed E-state index contributed by atoms with van der Waals surface area (Å²) in [5.74, 6) is 0. The van der Waals surface area contributed by atoms with Gasteiger partial charge in [-0.3, -0.25) is 4.79 Å². The third kappa shape index (κ3) is 1.96. The fraction of sp³-hybridized carbons (Fsp3) is 0.0588. The molecule has 0 N–H and O–H groups in total. The summed E-state index contributed by atoms with van der Waals surface area (Å²) in [7, 11) is 0. The largest absolute Gasteiger partial charge is 0.289 e. The molecule has 0 heterocycles. The van der Waals surface area contributed by atoms with E-state index in [9.17, 15) is 4.79 Å². The normalized spacial score (nSPS) is 10.5. The van der Waals surface area contributed by atoms with Gasteiger partial charge in [0.15, 0.2) is 5.43 Å². The lowest BCUT2D eigenvalue weighted by atomic mass is 10.1. The predicted octanol–water partition coefficient (Wildman–Crippen LogP) is 3.42. The van der Waals surface area contributed by atoms with Gasteiger partial charge in [-0.05, 0) is 22.4 Å². The first-order valence-corrected chi connectivity index (χ1v) is 6.11. The SMILES string of the molecule is N#CCc1ccc2c(=O)c3ccccc3ccc2c1. The molecule has 2 nitrogen and oxygen atoms in total. The molecule has 0 radical (unpaired) electrons. The fourth-order valence-corrected chi connectivity index (χ4v) is 2.33. The van der Waals surface area contributed by atoms with E-state index in [0.717, 1.165) is 21.7 Å². The molecular formula is C17H11NO. The molecule has 0 unspecified atom stereocenters. The van der Waals surface area contributed by atoms with Gasteiger partial charge in [-0.15, -0.1) is 0 Å². The van der Waals surface area contributed by atoms with E-state index in [0.29, 0.717) is 11.8 Å². The minimum absolute atomic E-state index is 0.0408. The predicted molar refractivity (Wildman–Crippen MR) is 77.0 cm³/mol. The Kier molecular flexibility index (Phi) is 2.74. The van der Waals surface area contributed by atoms with Crippen molar-refractivity contribution in [1.82, 2.24) is 0 Å². The first-order valence-electron chi connectivity index (χ1n) is 6.11. The monoisotopic (exact) mass is 245 g/mol. The van der Waals surface area contributed by atoms with E-state index < -0.39 is 0 Å². The van der Waals surface area contributed by atoms with Gasteiger partial charge in [-0.1, -0.05) is 48.5 Å². The smallest absolute Gasteiger partial charge is 0.194 e. The average molecular weight is 245 g/mol. The Bertz CT molecular complexity index is 875. The number of hydrogen-bond acceptors (Lipinski definition) is 2. The van der Waals surface area contributed by atoms with Crippen LogP contribution in [0.1, 0.15) is 5.56 Å². The van der Waals surface area contributed by atoms with Crippen LogP contribution in [-0.4, -0.2) is 0 Å². The van der Waals surface area contributed by atoms with Crippen molar-refractivity contribution < 1.29 is 0 Å². The number of rotatable bonds is 1. The summed E-state index contributed by atoms with van der Waals surface area (Å²) in [6, 6.07) is 19.2. The molecular weight excluding hydrogens is 234 g/mol. The lowest BCUT2D eigenvalue weighted by Crippen LogP contribution is -1.98. The van der Waals surface area contributed by atoms with Gasteiger partial charge >= 0.3 is 0 Å². The van der Waals surface area contributed by atoms with Crippen molar-refractivity contribution in [2.45, 2.75) is 6.42 Å². The number of benzene rings is 2. The highest BCUT2D eigenvalue weighted by Gasteiger charge is 2.02. The number of hydrogen-bond donors (Lipinski definition) is 0. The Morgan fingerprint density at radius 2 is 1.63 bits per heavy atom. The van der Waals surface area contributed by atoms with Crippen LogP contribution in [0.2, 0.25) is 0 Å². The van der Waals surface area contributed by atoms with Crippen molar-refractivity contribution in [3.8, 4) is 6.07 Å². The molecule has 0 spiro atoms. The molecule has 3 aromatic rings. The van der Waals surface area contributed by atoms with Crippen molar-refractivity contribution in [2.75, 3.05) is 0 Å². The van der Waals surface area contributed by atoms with E-state index in [4.69, 9.17) is 5.26 Å². The standard InChI is InChI=1S/C17H11NO/c18-10-9-12-5-8-16-14(11-12)7-6-13-3-1-2-4-15(13)17(16)19/h1-8,11H,9H2. The maximum Gasteiger partial charge on any atom is 0.194 e. The maximum absolute atomic E-state index is 12.5. The van der Waals surface area contributed by atoms with Crippen LogP contribution in [0.15, 0.2) is 59.4 Å². The number of nitriles is 1. The lowest BCUT2D eigenvalue weighted by molar-refractivity contribution is 1.27. The van der Waals surface area contributed by atoms with E-state index >= 15 is 0 Å². The van der Waals surface area contributed by atoms with Crippen LogP contribution in [-0.2, 0) is 6.42 Å². The minimum atomic E-state index is 0.0408. The van der Waals surface area contributed by atoms with Gasteiger partial charge in [0, 0.05) is 10.8 Å². The van der Waals surface area contributed by atoms with Crippen LogP contribution in [0.3, 0.4) is 0 Å². The van der Waals surface area contributed by atoms with Gasteiger partial charge in [0.05, 0.1) is 12.5 Å². The number of fused-ring (bicyclic) bond motifs is 2. The summed E-state index contributed by atoms with van der Waals surface area (Å²) in [4.78, 5) is 12.5. The molecule has 0 atom stereocenters. The van der Waals surface area contributed by atoms with E-state index in [2.05, 4.69) is 6.07 Å². The topological polar surface area (TPSA) is 40.9 Å². The first kappa shape index (κ1) is 11.4. The Balaban J connectivity index is 2.45. The molecule has 0 saturated heterocycles. The van der Waals surface area contributed by atoms with Crippen LogP contribution < -0.4 is 5.43 Å². The van der Waals surface area contributed by atoms with Crippen molar-refractivity contribution >= 4 is 21.5 Å². The Morgan fingerprint density at radius 3 is 2.47 bits per heavy atom. The third-order valence-electron chi connectivity index (χ3n) is 3.29. The van der Waals surface area contributed by atoms with Gasteiger partial charge in [-0.2, -0.15) is 5.26 Å². The molecule has 0 fully saturated rings. The van der Waals surface area contributed by atoms with Crippen molar-refractivity contribution in [3.05, 3.63) is 70.4 Å². The van der Waals surface area contributed by atoms with Crippen LogP contribution in [0, 0.1) is 11.3 Å². The highest BCUT2D eigenvalue weighted by atomic mass is 16.1. The van der Waals surface area contributed by atoms with Gasteiger partial charge < -0.3 is 0 Å². The highest BCUT2D eigenvalue weighted by Crippen LogP contribution is 2.17. The van der Waals surface area contributed by atoms with Crippen molar-refractivity contribution in [1.29, 1.82) is 5.26 Å². The molecule has 3 aromatic carbocycles. The molecule has 0 aromatic heterocycles. The first-order chi connectivity index (χ1) is 9.29. The molecule has 0 aliphatic carbocycles. The fourth-order valence-electron chi connectivity index (χ4n) is 2.33. The molecule has 0 bridgehead atoms. The average Bonchev–Trinajstić information content (AvgIpc) is 2.58. The van der Waals surface area contributed by atoms with Gasteiger partial charge in [-0.25, -0.2) is 0 Å². The molecule has 3 rings (SSSR count). The number of nitrogens with zero attached hydrogens (tertiary/aromatic N) is 1. The highest BCUT2D eigenvalue weighted by molar-refractivity contribution is 5.93. The minimum Gasteiger partial charge on any atom is -0.289 e. The second kappa shape index (κ2) is 4.55. The van der Waals surface area contributed by atoms with Crippen LogP contribution >= 0.6 is 0 Å². The lowest BCUT2D eigenvalue weighted by Gasteiger charge is -1.96. The van der Waals surface area contributed by atoms with Crippen molar-refractivity contribution in [3.63, 3.8) is 0 Å². The summed E-state index contributed by atoms with van der Waals surface area (Å²) in [5.41, 5.74) is 0.976. The second-order valence-electron chi connectivity index (χ2n) is 4.51. The summed E-state index contributed by atoms with van der Waals surface area (Å²) in [5, 5.41) is 12.0. The zero-order valence-electron chi connectivity index (χ0n) is 10.3. The molecule has 0 aliphatic heterocycles. The molecule has 0 saturated carbocycles. The summed E-state index contributed by atoms with van der Waals surface area (Å²) >= 11 is 0. The van der Waals surface area contributed by atoms with Crippen LogP contribution in [0.4, 0.5) is 0 Å².